The number of nitrogens with one attached hydrogen (secondary N) is 2. The lowest BCUT2D eigenvalue weighted by atomic mass is 10.1. The molecule has 1 fully saturated rings. The molecular formula is C22H17F3N4O2S. The summed E-state index contributed by atoms with van der Waals surface area (Å²) in [5.74, 6) is -1.89. The quantitative estimate of drug-likeness (QED) is 0.448. The summed E-state index contributed by atoms with van der Waals surface area (Å²) in [7, 11) is -3.82. The van der Waals surface area contributed by atoms with Gasteiger partial charge in [0.2, 0.25) is 10.0 Å². The number of hydrogen-bond acceptors (Lipinski definition) is 4. The van der Waals surface area contributed by atoms with Crippen LogP contribution in [0.25, 0.3) is 33.5 Å². The van der Waals surface area contributed by atoms with E-state index in [0.29, 0.717) is 29.2 Å². The van der Waals surface area contributed by atoms with Crippen molar-refractivity contribution in [2.24, 2.45) is 5.92 Å². The molecule has 0 unspecified atom stereocenters. The number of rotatable bonds is 6. The zero-order valence-corrected chi connectivity index (χ0v) is 17.4. The van der Waals surface area contributed by atoms with Crippen molar-refractivity contribution in [3.63, 3.8) is 0 Å². The largest absolute Gasteiger partial charge is 0.339 e. The molecule has 4 aromatic rings. The van der Waals surface area contributed by atoms with Crippen LogP contribution in [0.2, 0.25) is 0 Å². The number of sulfonamides is 1. The van der Waals surface area contributed by atoms with Gasteiger partial charge < -0.3 is 4.98 Å². The summed E-state index contributed by atoms with van der Waals surface area (Å²) in [4.78, 5) is 11.0. The minimum atomic E-state index is -3.82. The van der Waals surface area contributed by atoms with Gasteiger partial charge >= 0.3 is 0 Å². The van der Waals surface area contributed by atoms with Gasteiger partial charge in [0.1, 0.15) is 29.4 Å². The number of fused-ring (bicyclic) bond motifs is 1. The van der Waals surface area contributed by atoms with E-state index < -0.39 is 27.5 Å². The third-order valence-corrected chi connectivity index (χ3v) is 6.83. The van der Waals surface area contributed by atoms with Crippen LogP contribution in [0.3, 0.4) is 0 Å². The van der Waals surface area contributed by atoms with E-state index in [9.17, 15) is 21.6 Å². The average molecular weight is 458 g/mol. The monoisotopic (exact) mass is 458 g/mol. The van der Waals surface area contributed by atoms with E-state index in [1.807, 2.05) is 0 Å². The normalized spacial score (nSPS) is 14.2. The molecule has 164 valence electrons. The Morgan fingerprint density at radius 2 is 1.72 bits per heavy atom. The Hall–Kier alpha value is -3.24. The molecular weight excluding hydrogens is 441 g/mol. The molecule has 0 aliphatic heterocycles. The Labute approximate surface area is 181 Å². The molecule has 32 heavy (non-hydrogen) atoms. The van der Waals surface area contributed by atoms with Gasteiger partial charge in [-0.3, -0.25) is 0 Å². The smallest absolute Gasteiger partial charge is 0.240 e. The highest BCUT2D eigenvalue weighted by Gasteiger charge is 2.25. The summed E-state index contributed by atoms with van der Waals surface area (Å²) in [5.41, 5.74) is 1.06. The van der Waals surface area contributed by atoms with Crippen molar-refractivity contribution < 1.29 is 21.6 Å². The first-order valence-corrected chi connectivity index (χ1v) is 11.4. The minimum absolute atomic E-state index is 0.0728. The third kappa shape index (κ3) is 3.87. The van der Waals surface area contributed by atoms with Crippen LogP contribution in [0.15, 0.2) is 53.7 Å². The number of aromatic amines is 1. The second kappa shape index (κ2) is 7.72. The molecule has 2 aromatic carbocycles. The number of halogens is 3. The van der Waals surface area contributed by atoms with Crippen LogP contribution in [0.5, 0.6) is 0 Å². The maximum absolute atomic E-state index is 15.0. The van der Waals surface area contributed by atoms with E-state index in [0.717, 1.165) is 31.0 Å². The summed E-state index contributed by atoms with van der Waals surface area (Å²) in [6.45, 7) is 0.338. The molecule has 0 radical (unpaired) electrons. The fourth-order valence-electron chi connectivity index (χ4n) is 3.50. The molecule has 0 atom stereocenters. The number of nitrogens with zero attached hydrogens (tertiary/aromatic N) is 2. The predicted octanol–water partition coefficient (Wildman–Crippen LogP) is 4.40. The minimum Gasteiger partial charge on any atom is -0.339 e. The van der Waals surface area contributed by atoms with Gasteiger partial charge in [0.25, 0.3) is 0 Å². The maximum atomic E-state index is 15.0. The summed E-state index contributed by atoms with van der Waals surface area (Å²) in [6, 6.07) is 8.34. The van der Waals surface area contributed by atoms with Crippen molar-refractivity contribution in [2.45, 2.75) is 17.7 Å². The lowest BCUT2D eigenvalue weighted by Gasteiger charge is -2.09. The molecule has 2 aromatic heterocycles. The van der Waals surface area contributed by atoms with Crippen molar-refractivity contribution in [3.8, 4) is 22.5 Å². The molecule has 0 amide bonds. The van der Waals surface area contributed by atoms with Crippen molar-refractivity contribution in [3.05, 3.63) is 66.2 Å². The van der Waals surface area contributed by atoms with E-state index in [2.05, 4.69) is 19.7 Å². The summed E-state index contributed by atoms with van der Waals surface area (Å²) in [5, 5.41) is 0.410. The highest BCUT2D eigenvalue weighted by atomic mass is 32.2. The molecule has 6 nitrogen and oxygen atoms in total. The molecule has 1 aliphatic carbocycles. The second-order valence-electron chi connectivity index (χ2n) is 7.73. The van der Waals surface area contributed by atoms with Crippen molar-refractivity contribution in [1.82, 2.24) is 19.7 Å². The van der Waals surface area contributed by atoms with Gasteiger partial charge in [-0.1, -0.05) is 0 Å². The molecule has 10 heteroatoms. The van der Waals surface area contributed by atoms with Crippen LogP contribution in [-0.2, 0) is 10.0 Å². The first kappa shape index (κ1) is 20.7. The number of hydrogen-bond donors (Lipinski definition) is 2. The van der Waals surface area contributed by atoms with Crippen LogP contribution in [-0.4, -0.2) is 29.9 Å². The van der Waals surface area contributed by atoms with Gasteiger partial charge in [0.05, 0.1) is 16.3 Å². The van der Waals surface area contributed by atoms with Crippen LogP contribution in [0, 0.1) is 23.4 Å². The van der Waals surface area contributed by atoms with E-state index in [1.165, 1.54) is 24.5 Å². The van der Waals surface area contributed by atoms with E-state index in [4.69, 9.17) is 0 Å². The number of benzene rings is 2. The Morgan fingerprint density at radius 3 is 2.44 bits per heavy atom. The zero-order chi connectivity index (χ0) is 22.5. The summed E-state index contributed by atoms with van der Waals surface area (Å²) in [6.07, 6.45) is 3.19. The number of H-pyrrole nitrogens is 1. The van der Waals surface area contributed by atoms with E-state index >= 15 is 0 Å². The fourth-order valence-corrected chi connectivity index (χ4v) is 4.62. The van der Waals surface area contributed by atoms with Crippen LogP contribution in [0.1, 0.15) is 12.8 Å². The summed E-state index contributed by atoms with van der Waals surface area (Å²) < 4.78 is 69.8. The van der Waals surface area contributed by atoms with E-state index in [-0.39, 0.29) is 21.7 Å². The first-order chi connectivity index (χ1) is 15.3. The van der Waals surface area contributed by atoms with Crippen LogP contribution in [0.4, 0.5) is 13.2 Å². The fraction of sp³-hybridized carbons (Fsp3) is 0.182. The highest BCUT2D eigenvalue weighted by Crippen LogP contribution is 2.33. The molecule has 0 bridgehead atoms. The standard InChI is InChI=1S/C22H17F3N4O2S/c23-13-3-5-15(18(24)7-13)20-9-17-21(26-11-27-22(17)29-20)16-6-4-14(8-19(16)25)32(30,31)28-10-12-1-2-12/h3-9,11-12,28H,1-2,10H2,(H,26,27,29). The molecule has 0 saturated heterocycles. The van der Waals surface area contributed by atoms with Gasteiger partial charge in [0.15, 0.2) is 0 Å². The molecule has 5 rings (SSSR count). The molecule has 0 spiro atoms. The summed E-state index contributed by atoms with van der Waals surface area (Å²) >= 11 is 0. The van der Waals surface area contributed by atoms with E-state index in [1.54, 1.807) is 6.07 Å². The Bertz CT molecular complexity index is 1450. The molecule has 1 aliphatic rings. The Balaban J connectivity index is 1.53. The van der Waals surface area contributed by atoms with Crippen molar-refractivity contribution in [1.29, 1.82) is 0 Å². The maximum Gasteiger partial charge on any atom is 0.240 e. The van der Waals surface area contributed by atoms with Gasteiger partial charge in [-0.15, -0.1) is 0 Å². The zero-order valence-electron chi connectivity index (χ0n) is 16.6. The van der Waals surface area contributed by atoms with Gasteiger partial charge in [-0.05, 0) is 55.2 Å². The van der Waals surface area contributed by atoms with Gasteiger partial charge in [-0.2, -0.15) is 0 Å². The third-order valence-electron chi connectivity index (χ3n) is 5.41. The van der Waals surface area contributed by atoms with Gasteiger partial charge in [0, 0.05) is 29.1 Å². The predicted molar refractivity (Wildman–Crippen MR) is 113 cm³/mol. The van der Waals surface area contributed by atoms with Crippen molar-refractivity contribution in [2.75, 3.05) is 6.54 Å². The lowest BCUT2D eigenvalue weighted by Crippen LogP contribution is -2.25. The van der Waals surface area contributed by atoms with Crippen LogP contribution < -0.4 is 4.72 Å². The lowest BCUT2D eigenvalue weighted by molar-refractivity contribution is 0.574. The molecule has 2 heterocycles. The highest BCUT2D eigenvalue weighted by molar-refractivity contribution is 7.89. The van der Waals surface area contributed by atoms with Gasteiger partial charge in [-0.25, -0.2) is 36.3 Å². The van der Waals surface area contributed by atoms with Crippen LogP contribution >= 0.6 is 0 Å². The Morgan fingerprint density at radius 1 is 0.969 bits per heavy atom. The topological polar surface area (TPSA) is 87.7 Å². The molecule has 2 N–H and O–H groups in total. The Kier molecular flexibility index (Phi) is 4.98. The van der Waals surface area contributed by atoms with Crippen molar-refractivity contribution >= 4 is 21.1 Å². The average Bonchev–Trinajstić information content (AvgIpc) is 3.49. The number of aromatic nitrogens is 3. The molecule has 1 saturated carbocycles. The second-order valence-corrected chi connectivity index (χ2v) is 9.50. The first-order valence-electron chi connectivity index (χ1n) is 9.90. The SMILES string of the molecule is O=S(=O)(NCC1CC1)c1ccc(-c2ncnc3[nH]c(-c4ccc(F)cc4F)cc23)c(F)c1.